The highest BCUT2D eigenvalue weighted by Crippen LogP contribution is 2.20. The van der Waals surface area contributed by atoms with E-state index in [9.17, 15) is 0 Å². The summed E-state index contributed by atoms with van der Waals surface area (Å²) in [6.45, 7) is 6.05. The molecule has 1 aromatic heterocycles. The van der Waals surface area contributed by atoms with Gasteiger partial charge in [0.15, 0.2) is 11.6 Å². The molecule has 2 N–H and O–H groups in total. The van der Waals surface area contributed by atoms with Crippen LogP contribution in [0.1, 0.15) is 35.7 Å². The molecular weight excluding hydrogens is 248 g/mol. The van der Waals surface area contributed by atoms with E-state index in [2.05, 4.69) is 36.2 Å². The summed E-state index contributed by atoms with van der Waals surface area (Å²) >= 11 is 5.91. The summed E-state index contributed by atoms with van der Waals surface area (Å²) in [5.74, 6) is 1.76. The summed E-state index contributed by atoms with van der Waals surface area (Å²) in [4.78, 5) is 0. The van der Waals surface area contributed by atoms with Crippen molar-refractivity contribution < 1.29 is 0 Å². The number of halogens is 1. The zero-order valence-electron chi connectivity index (χ0n) is 10.8. The lowest BCUT2D eigenvalue weighted by molar-refractivity contribution is 0.711. The molecule has 4 nitrogen and oxygen atoms in total. The van der Waals surface area contributed by atoms with Crippen LogP contribution in [0.15, 0.2) is 18.2 Å². The molecule has 2 aromatic rings. The monoisotopic (exact) mass is 264 g/mol. The number of benzene rings is 1. The molecule has 0 aliphatic heterocycles. The molecule has 0 amide bonds. The van der Waals surface area contributed by atoms with Crippen LogP contribution in [0.2, 0.25) is 0 Å². The maximum Gasteiger partial charge on any atom is 0.154 e. The first-order valence-corrected chi connectivity index (χ1v) is 6.41. The van der Waals surface area contributed by atoms with Crippen LogP contribution in [-0.2, 0) is 5.88 Å². The van der Waals surface area contributed by atoms with Gasteiger partial charge in [0.2, 0.25) is 0 Å². The zero-order chi connectivity index (χ0) is 13.3. The van der Waals surface area contributed by atoms with Gasteiger partial charge in [-0.25, -0.2) is 0 Å². The minimum Gasteiger partial charge on any atom is -0.322 e. The predicted molar refractivity (Wildman–Crippen MR) is 73.0 cm³/mol. The molecule has 0 spiro atoms. The van der Waals surface area contributed by atoms with Crippen molar-refractivity contribution in [3.8, 4) is 5.69 Å². The highest BCUT2D eigenvalue weighted by molar-refractivity contribution is 6.16. The van der Waals surface area contributed by atoms with Gasteiger partial charge in [-0.1, -0.05) is 6.07 Å². The summed E-state index contributed by atoms with van der Waals surface area (Å²) < 4.78 is 1.93. The van der Waals surface area contributed by atoms with Crippen molar-refractivity contribution in [2.75, 3.05) is 0 Å². The highest BCUT2D eigenvalue weighted by Gasteiger charge is 2.16. The molecule has 0 saturated carbocycles. The van der Waals surface area contributed by atoms with E-state index < -0.39 is 0 Å². The number of hydrogen-bond acceptors (Lipinski definition) is 3. The van der Waals surface area contributed by atoms with E-state index in [1.807, 2.05) is 17.6 Å². The summed E-state index contributed by atoms with van der Waals surface area (Å²) in [5, 5.41) is 8.20. The second-order valence-corrected chi connectivity index (χ2v) is 4.77. The first-order chi connectivity index (χ1) is 8.54. The Kier molecular flexibility index (Phi) is 3.68. The van der Waals surface area contributed by atoms with Gasteiger partial charge in [-0.05, 0) is 44.0 Å². The van der Waals surface area contributed by atoms with Crippen molar-refractivity contribution in [3.63, 3.8) is 0 Å². The van der Waals surface area contributed by atoms with Crippen LogP contribution in [-0.4, -0.2) is 14.8 Å². The molecule has 2 rings (SSSR count). The van der Waals surface area contributed by atoms with Crippen LogP contribution in [0.5, 0.6) is 0 Å². The average Bonchev–Trinajstić information content (AvgIpc) is 2.76. The Bertz CT molecular complexity index is 560. The number of nitrogens with two attached hydrogens (primary N) is 1. The molecule has 1 unspecified atom stereocenters. The lowest BCUT2D eigenvalue weighted by Gasteiger charge is -2.13. The Morgan fingerprint density at radius 2 is 2.00 bits per heavy atom. The van der Waals surface area contributed by atoms with Gasteiger partial charge in [-0.3, -0.25) is 4.57 Å². The van der Waals surface area contributed by atoms with Gasteiger partial charge in [0, 0.05) is 5.69 Å². The van der Waals surface area contributed by atoms with Gasteiger partial charge in [0.05, 0.1) is 11.9 Å². The van der Waals surface area contributed by atoms with Gasteiger partial charge in [-0.15, -0.1) is 21.8 Å². The second kappa shape index (κ2) is 5.08. The number of hydrogen-bond donors (Lipinski definition) is 1. The van der Waals surface area contributed by atoms with Crippen LogP contribution in [0.3, 0.4) is 0 Å². The van der Waals surface area contributed by atoms with Crippen LogP contribution < -0.4 is 5.73 Å². The Labute approximate surface area is 112 Å². The maximum atomic E-state index is 5.92. The number of aryl methyl sites for hydroxylation is 2. The number of alkyl halides is 1. The Morgan fingerprint density at radius 3 is 2.56 bits per heavy atom. The molecule has 96 valence electrons. The molecule has 1 heterocycles. The average molecular weight is 265 g/mol. The van der Waals surface area contributed by atoms with Crippen molar-refractivity contribution in [1.29, 1.82) is 0 Å². The fourth-order valence-corrected chi connectivity index (χ4v) is 2.03. The molecule has 18 heavy (non-hydrogen) atoms. The second-order valence-electron chi connectivity index (χ2n) is 4.50. The van der Waals surface area contributed by atoms with E-state index in [-0.39, 0.29) is 6.04 Å². The molecule has 5 heteroatoms. The van der Waals surface area contributed by atoms with Crippen molar-refractivity contribution in [3.05, 3.63) is 41.0 Å². The number of rotatable bonds is 3. The van der Waals surface area contributed by atoms with E-state index in [0.29, 0.717) is 11.7 Å². The Hall–Kier alpha value is -1.39. The first kappa shape index (κ1) is 13.1. The Balaban J connectivity index is 2.61. The van der Waals surface area contributed by atoms with Crippen molar-refractivity contribution >= 4 is 11.6 Å². The van der Waals surface area contributed by atoms with Crippen LogP contribution in [0.25, 0.3) is 5.69 Å². The molecule has 0 aliphatic rings. The van der Waals surface area contributed by atoms with Crippen LogP contribution in [0.4, 0.5) is 0 Å². The fourth-order valence-electron chi connectivity index (χ4n) is 1.86. The topological polar surface area (TPSA) is 56.7 Å². The largest absolute Gasteiger partial charge is 0.322 e. The van der Waals surface area contributed by atoms with Gasteiger partial charge in [-0.2, -0.15) is 0 Å². The van der Waals surface area contributed by atoms with E-state index in [1.54, 1.807) is 0 Å². The minimum absolute atomic E-state index is 0.184. The number of nitrogens with zero attached hydrogens (tertiary/aromatic N) is 3. The van der Waals surface area contributed by atoms with Crippen molar-refractivity contribution in [2.24, 2.45) is 5.73 Å². The lowest BCUT2D eigenvalue weighted by Crippen LogP contribution is -2.13. The van der Waals surface area contributed by atoms with E-state index >= 15 is 0 Å². The summed E-state index contributed by atoms with van der Waals surface area (Å²) in [5.41, 5.74) is 9.40. The fraction of sp³-hybridized carbons (Fsp3) is 0.385. The van der Waals surface area contributed by atoms with Gasteiger partial charge in [0.25, 0.3) is 0 Å². The summed E-state index contributed by atoms with van der Waals surface area (Å²) in [6, 6.07) is 6.03. The smallest absolute Gasteiger partial charge is 0.154 e. The van der Waals surface area contributed by atoms with Crippen LogP contribution in [0, 0.1) is 13.8 Å². The summed E-state index contributed by atoms with van der Waals surface area (Å²) in [7, 11) is 0. The third-order valence-corrected chi connectivity index (χ3v) is 3.27. The minimum atomic E-state index is -0.184. The molecule has 0 radical (unpaired) electrons. The van der Waals surface area contributed by atoms with Crippen LogP contribution >= 0.6 is 11.6 Å². The van der Waals surface area contributed by atoms with E-state index in [0.717, 1.165) is 11.5 Å². The Morgan fingerprint density at radius 1 is 1.28 bits per heavy atom. The van der Waals surface area contributed by atoms with Gasteiger partial charge in [0.1, 0.15) is 0 Å². The SMILES string of the molecule is Cc1ccc(-n2c(CCl)nnc2C(C)N)cc1C. The molecule has 0 saturated heterocycles. The van der Waals surface area contributed by atoms with Gasteiger partial charge >= 0.3 is 0 Å². The zero-order valence-corrected chi connectivity index (χ0v) is 11.6. The molecule has 1 atom stereocenters. The van der Waals surface area contributed by atoms with E-state index in [1.165, 1.54) is 11.1 Å². The molecule has 1 aromatic carbocycles. The molecule has 0 aliphatic carbocycles. The maximum absolute atomic E-state index is 5.92. The predicted octanol–water partition coefficient (Wildman–Crippen LogP) is 2.64. The van der Waals surface area contributed by atoms with Gasteiger partial charge < -0.3 is 5.73 Å². The lowest BCUT2D eigenvalue weighted by atomic mass is 10.1. The normalized spacial score (nSPS) is 12.7. The van der Waals surface area contributed by atoms with Crippen molar-refractivity contribution in [2.45, 2.75) is 32.7 Å². The molecule has 0 bridgehead atoms. The van der Waals surface area contributed by atoms with E-state index in [4.69, 9.17) is 17.3 Å². The third kappa shape index (κ3) is 2.26. The molecule has 0 fully saturated rings. The highest BCUT2D eigenvalue weighted by atomic mass is 35.5. The third-order valence-electron chi connectivity index (χ3n) is 3.03. The summed E-state index contributed by atoms with van der Waals surface area (Å²) in [6.07, 6.45) is 0. The quantitative estimate of drug-likeness (QED) is 0.867. The number of aromatic nitrogens is 3. The standard InChI is InChI=1S/C13H17ClN4/c1-8-4-5-11(6-9(8)2)18-12(7-14)16-17-13(18)10(3)15/h4-6,10H,7,15H2,1-3H3. The van der Waals surface area contributed by atoms with Crippen molar-refractivity contribution in [1.82, 2.24) is 14.8 Å². The molecular formula is C13H17ClN4. The first-order valence-electron chi connectivity index (χ1n) is 5.88.